The molecule has 0 aliphatic heterocycles. The summed E-state index contributed by atoms with van der Waals surface area (Å²) in [7, 11) is 0. The molecular weight excluding hydrogens is 206 g/mol. The lowest BCUT2D eigenvalue weighted by molar-refractivity contribution is 0.620. The molecule has 0 bridgehead atoms. The molecule has 2 radical (unpaired) electrons. The minimum atomic E-state index is -0.548. The van der Waals surface area contributed by atoms with Gasteiger partial charge in [-0.05, 0) is 40.4 Å². The van der Waals surface area contributed by atoms with E-state index in [1.54, 1.807) is 18.2 Å². The number of halogens is 2. The lowest BCUT2D eigenvalue weighted by atomic mass is 10.0. The van der Waals surface area contributed by atoms with Crippen molar-refractivity contribution in [1.29, 1.82) is 0 Å². The summed E-state index contributed by atoms with van der Waals surface area (Å²) < 4.78 is 26.7. The highest BCUT2D eigenvalue weighted by atomic mass is 19.1. The molecule has 0 fully saturated rings. The second kappa shape index (κ2) is 3.27. The van der Waals surface area contributed by atoms with Crippen LogP contribution >= 0.6 is 0 Å². The lowest BCUT2D eigenvalue weighted by Crippen LogP contribution is -1.85. The number of fused-ring (bicyclic) bond motifs is 3. The number of rotatable bonds is 0. The Bertz CT molecular complexity index is 687. The molecule has 3 rings (SSSR count). The van der Waals surface area contributed by atoms with E-state index < -0.39 is 11.6 Å². The van der Waals surface area contributed by atoms with Crippen molar-refractivity contribution in [3.63, 3.8) is 0 Å². The summed E-state index contributed by atoms with van der Waals surface area (Å²) in [6, 6.07) is 14.8. The van der Waals surface area contributed by atoms with Crippen molar-refractivity contribution >= 4 is 21.5 Å². The van der Waals surface area contributed by atoms with Gasteiger partial charge in [0.25, 0.3) is 0 Å². The lowest BCUT2D eigenvalue weighted by Gasteiger charge is -2.04. The first-order chi connectivity index (χ1) is 7.75. The number of benzene rings is 3. The third kappa shape index (κ3) is 1.27. The topological polar surface area (TPSA) is 0 Å². The van der Waals surface area contributed by atoms with Gasteiger partial charge in [-0.2, -0.15) is 0 Å². The van der Waals surface area contributed by atoms with Gasteiger partial charge in [0.05, 0.1) is 0 Å². The molecule has 0 N–H and O–H groups in total. The molecule has 0 amide bonds. The van der Waals surface area contributed by atoms with Crippen LogP contribution in [0.5, 0.6) is 0 Å². The molecule has 0 aliphatic carbocycles. The highest BCUT2D eigenvalue weighted by Gasteiger charge is 2.07. The summed E-state index contributed by atoms with van der Waals surface area (Å²) in [6.07, 6.45) is 0. The zero-order valence-electron chi connectivity index (χ0n) is 8.22. The molecule has 0 heterocycles. The van der Waals surface area contributed by atoms with Gasteiger partial charge in [0.2, 0.25) is 0 Å². The van der Waals surface area contributed by atoms with Gasteiger partial charge in [-0.3, -0.25) is 0 Å². The highest BCUT2D eigenvalue weighted by molar-refractivity contribution is 6.07. The Morgan fingerprint density at radius 1 is 1.00 bits per heavy atom. The summed E-state index contributed by atoms with van der Waals surface area (Å²) in [5.41, 5.74) is 0. The van der Waals surface area contributed by atoms with Crippen LogP contribution in [0.2, 0.25) is 0 Å². The average molecular weight is 212 g/mol. The molecule has 0 nitrogen and oxygen atoms in total. The second-order valence-electron chi connectivity index (χ2n) is 3.60. The Morgan fingerprint density at radius 3 is 2.75 bits per heavy atom. The van der Waals surface area contributed by atoms with Crippen LogP contribution in [0, 0.1) is 23.8 Å². The van der Waals surface area contributed by atoms with Gasteiger partial charge in [0.1, 0.15) is 11.6 Å². The molecule has 0 atom stereocenters. The van der Waals surface area contributed by atoms with E-state index in [4.69, 9.17) is 0 Å². The van der Waals surface area contributed by atoms with Gasteiger partial charge in [0, 0.05) is 11.5 Å². The van der Waals surface area contributed by atoms with Gasteiger partial charge in [0.15, 0.2) is 0 Å². The third-order valence-corrected chi connectivity index (χ3v) is 2.62. The van der Waals surface area contributed by atoms with Crippen molar-refractivity contribution in [2.24, 2.45) is 0 Å². The van der Waals surface area contributed by atoms with E-state index in [1.807, 2.05) is 6.07 Å². The van der Waals surface area contributed by atoms with E-state index in [1.165, 1.54) is 12.1 Å². The van der Waals surface area contributed by atoms with Crippen LogP contribution in [0.4, 0.5) is 8.78 Å². The predicted octanol–water partition coefficient (Wildman–Crippen LogP) is 3.87. The van der Waals surface area contributed by atoms with E-state index in [-0.39, 0.29) is 5.39 Å². The summed E-state index contributed by atoms with van der Waals surface area (Å²) in [5, 5.41) is 2.50. The minimum absolute atomic E-state index is 0.193. The molecule has 0 spiro atoms. The largest absolute Gasteiger partial charge is 0.206 e. The first-order valence-electron chi connectivity index (χ1n) is 4.85. The van der Waals surface area contributed by atoms with Crippen LogP contribution in [-0.4, -0.2) is 0 Å². The van der Waals surface area contributed by atoms with Crippen molar-refractivity contribution < 1.29 is 8.78 Å². The fourth-order valence-electron chi connectivity index (χ4n) is 1.90. The molecule has 0 saturated carbocycles. The first-order valence-corrected chi connectivity index (χ1v) is 4.85. The Labute approximate surface area is 91.1 Å². The molecule has 0 aromatic heterocycles. The molecule has 16 heavy (non-hydrogen) atoms. The maximum absolute atomic E-state index is 13.7. The summed E-state index contributed by atoms with van der Waals surface area (Å²) in [4.78, 5) is 0. The molecule has 0 aliphatic rings. The van der Waals surface area contributed by atoms with Gasteiger partial charge in [-0.15, -0.1) is 0 Å². The van der Waals surface area contributed by atoms with Crippen LogP contribution < -0.4 is 0 Å². The molecule has 2 heteroatoms. The molecule has 0 unspecified atom stereocenters. The molecular formula is C14H6F2. The Kier molecular flexibility index (Phi) is 1.90. The first kappa shape index (κ1) is 9.28. The van der Waals surface area contributed by atoms with E-state index in [9.17, 15) is 8.78 Å². The summed E-state index contributed by atoms with van der Waals surface area (Å²) >= 11 is 0. The van der Waals surface area contributed by atoms with Gasteiger partial charge < -0.3 is 0 Å². The number of hydrogen-bond donors (Lipinski definition) is 0. The zero-order chi connectivity index (χ0) is 11.1. The second-order valence-corrected chi connectivity index (χ2v) is 3.60. The van der Waals surface area contributed by atoms with Crippen LogP contribution in [0.25, 0.3) is 21.5 Å². The average Bonchev–Trinajstić information content (AvgIpc) is 2.29. The number of hydrogen-bond acceptors (Lipinski definition) is 0. The fraction of sp³-hybridized carbons (Fsp3) is 0. The van der Waals surface area contributed by atoms with Crippen molar-refractivity contribution in [2.75, 3.05) is 0 Å². The van der Waals surface area contributed by atoms with Crippen LogP contribution in [0.15, 0.2) is 36.4 Å². The van der Waals surface area contributed by atoms with Gasteiger partial charge in [-0.25, -0.2) is 8.78 Å². The van der Waals surface area contributed by atoms with Crippen molar-refractivity contribution in [1.82, 2.24) is 0 Å². The van der Waals surface area contributed by atoms with Gasteiger partial charge >= 0.3 is 0 Å². The van der Waals surface area contributed by atoms with Crippen LogP contribution in [-0.2, 0) is 0 Å². The van der Waals surface area contributed by atoms with Crippen molar-refractivity contribution in [2.45, 2.75) is 0 Å². The predicted molar refractivity (Wildman–Crippen MR) is 59.0 cm³/mol. The molecule has 3 aromatic carbocycles. The smallest absolute Gasteiger partial charge is 0.132 e. The van der Waals surface area contributed by atoms with E-state index in [2.05, 4.69) is 12.1 Å². The monoisotopic (exact) mass is 212 g/mol. The molecule has 3 aromatic rings. The van der Waals surface area contributed by atoms with Crippen molar-refractivity contribution in [3.05, 3.63) is 60.2 Å². The summed E-state index contributed by atoms with van der Waals surface area (Å²) in [6.45, 7) is 0. The van der Waals surface area contributed by atoms with E-state index in [0.29, 0.717) is 5.39 Å². The van der Waals surface area contributed by atoms with E-state index >= 15 is 0 Å². The fourth-order valence-corrected chi connectivity index (χ4v) is 1.90. The minimum Gasteiger partial charge on any atom is -0.206 e. The Hall–Kier alpha value is -1.96. The SMILES string of the molecule is Fc1[c]c2c(F)cc3c[c]ccc3c2cc1. The van der Waals surface area contributed by atoms with Gasteiger partial charge in [-0.1, -0.05) is 18.2 Å². The maximum Gasteiger partial charge on any atom is 0.132 e. The standard InChI is InChI=1S/C14H6F2/c15-10-5-6-12-11-4-2-1-3-9(11)7-14(16)13(12)8-10/h2-7H. The molecule has 0 saturated heterocycles. The quantitative estimate of drug-likeness (QED) is 0.496. The molecule has 76 valence electrons. The zero-order valence-corrected chi connectivity index (χ0v) is 8.22. The normalized spacial score (nSPS) is 11.1. The van der Waals surface area contributed by atoms with Crippen LogP contribution in [0.3, 0.4) is 0 Å². The van der Waals surface area contributed by atoms with Crippen molar-refractivity contribution in [3.8, 4) is 0 Å². The maximum atomic E-state index is 13.7. The van der Waals surface area contributed by atoms with E-state index in [0.717, 1.165) is 10.8 Å². The summed E-state index contributed by atoms with van der Waals surface area (Å²) in [5.74, 6) is -1.00. The van der Waals surface area contributed by atoms with Crippen LogP contribution in [0.1, 0.15) is 0 Å². The Morgan fingerprint density at radius 2 is 1.88 bits per heavy atom. The Balaban J connectivity index is 2.59. The highest BCUT2D eigenvalue weighted by Crippen LogP contribution is 2.27. The third-order valence-electron chi connectivity index (χ3n) is 2.62.